The molecule has 1 heterocycles. The summed E-state index contributed by atoms with van der Waals surface area (Å²) < 4.78 is 0. The molecule has 0 fully saturated rings. The van der Waals surface area contributed by atoms with Crippen LogP contribution in [0.15, 0.2) is 17.5 Å². The predicted molar refractivity (Wildman–Crippen MR) is 63.7 cm³/mol. The third kappa shape index (κ3) is 3.32. The third-order valence-corrected chi connectivity index (χ3v) is 3.39. The Balaban J connectivity index is 2.68. The Morgan fingerprint density at radius 1 is 1.67 bits per heavy atom. The second-order valence-electron chi connectivity index (χ2n) is 3.56. The second kappa shape index (κ2) is 5.88. The predicted octanol–water partition coefficient (Wildman–Crippen LogP) is 1.83. The number of rotatable bonds is 5. The van der Waals surface area contributed by atoms with Gasteiger partial charge in [-0.15, -0.1) is 11.3 Å². The topological polar surface area (TPSA) is 46.3 Å². The second-order valence-corrected chi connectivity index (χ2v) is 4.59. The molecule has 1 rings (SSSR count). The lowest BCUT2D eigenvalue weighted by Crippen LogP contribution is -2.41. The molecule has 15 heavy (non-hydrogen) atoms. The number of carbonyl (C=O) groups is 1. The van der Waals surface area contributed by atoms with Crippen molar-refractivity contribution in [3.8, 4) is 0 Å². The highest BCUT2D eigenvalue weighted by Crippen LogP contribution is 2.15. The molecular formula is C11H18N2OS. The summed E-state index contributed by atoms with van der Waals surface area (Å²) >= 11 is 1.67. The first-order valence-corrected chi connectivity index (χ1v) is 6.09. The van der Waals surface area contributed by atoms with Crippen LogP contribution in [0.1, 0.15) is 25.1 Å². The lowest BCUT2D eigenvalue weighted by molar-refractivity contribution is -0.132. The molecule has 0 bridgehead atoms. The average molecular weight is 226 g/mol. The Kier molecular flexibility index (Phi) is 4.78. The van der Waals surface area contributed by atoms with Crippen molar-refractivity contribution in [1.29, 1.82) is 0 Å². The number of thiophene rings is 1. The van der Waals surface area contributed by atoms with E-state index in [9.17, 15) is 4.79 Å². The molecule has 0 radical (unpaired) electrons. The van der Waals surface area contributed by atoms with Crippen molar-refractivity contribution < 1.29 is 4.79 Å². The van der Waals surface area contributed by atoms with Crippen molar-refractivity contribution in [1.82, 2.24) is 4.90 Å². The maximum atomic E-state index is 11.6. The van der Waals surface area contributed by atoms with E-state index in [0.717, 1.165) is 6.42 Å². The third-order valence-electron chi connectivity index (χ3n) is 2.52. The number of hydrogen-bond acceptors (Lipinski definition) is 3. The van der Waals surface area contributed by atoms with E-state index in [-0.39, 0.29) is 18.5 Å². The lowest BCUT2D eigenvalue weighted by atomic mass is 10.2. The van der Waals surface area contributed by atoms with Gasteiger partial charge in [-0.2, -0.15) is 0 Å². The van der Waals surface area contributed by atoms with Crippen molar-refractivity contribution in [3.05, 3.63) is 22.4 Å². The Labute approximate surface area is 94.9 Å². The summed E-state index contributed by atoms with van der Waals surface area (Å²) in [5.41, 5.74) is 5.41. The molecule has 3 nitrogen and oxygen atoms in total. The van der Waals surface area contributed by atoms with Gasteiger partial charge in [-0.25, -0.2) is 0 Å². The van der Waals surface area contributed by atoms with Gasteiger partial charge in [0.2, 0.25) is 5.91 Å². The minimum Gasteiger partial charge on any atom is -0.334 e. The van der Waals surface area contributed by atoms with Crippen LogP contribution in [0.25, 0.3) is 0 Å². The van der Waals surface area contributed by atoms with Gasteiger partial charge in [0.05, 0.1) is 13.1 Å². The van der Waals surface area contributed by atoms with E-state index in [1.54, 1.807) is 11.3 Å². The van der Waals surface area contributed by atoms with E-state index in [1.165, 1.54) is 4.88 Å². The van der Waals surface area contributed by atoms with E-state index in [1.807, 2.05) is 22.4 Å². The van der Waals surface area contributed by atoms with E-state index in [4.69, 9.17) is 5.73 Å². The molecule has 0 saturated carbocycles. The summed E-state index contributed by atoms with van der Waals surface area (Å²) in [5, 5.41) is 2.02. The molecule has 1 aromatic heterocycles. The molecule has 0 spiro atoms. The molecule has 1 amide bonds. The van der Waals surface area contributed by atoms with Gasteiger partial charge in [0.15, 0.2) is 0 Å². The smallest absolute Gasteiger partial charge is 0.236 e. The Morgan fingerprint density at radius 2 is 2.40 bits per heavy atom. The zero-order valence-corrected chi connectivity index (χ0v) is 10.1. The first kappa shape index (κ1) is 12.2. The number of carbonyl (C=O) groups excluding carboxylic acids is 1. The van der Waals surface area contributed by atoms with Crippen LogP contribution >= 0.6 is 11.3 Å². The standard InChI is InChI=1S/C11H18N2OS/c1-3-9(2)13(11(14)7-12)8-10-5-4-6-15-10/h4-6,9H,3,7-8,12H2,1-2H3. The number of hydrogen-bond donors (Lipinski definition) is 1. The van der Waals surface area contributed by atoms with E-state index >= 15 is 0 Å². The fourth-order valence-electron chi connectivity index (χ4n) is 1.40. The van der Waals surface area contributed by atoms with Crippen LogP contribution in [-0.4, -0.2) is 23.4 Å². The number of nitrogens with zero attached hydrogens (tertiary/aromatic N) is 1. The van der Waals surface area contributed by atoms with Gasteiger partial charge in [0.25, 0.3) is 0 Å². The summed E-state index contributed by atoms with van der Waals surface area (Å²) in [6, 6.07) is 4.30. The SMILES string of the molecule is CCC(C)N(Cc1cccs1)C(=O)CN. The zero-order valence-electron chi connectivity index (χ0n) is 9.27. The first-order chi connectivity index (χ1) is 7.19. The molecule has 0 aliphatic rings. The first-order valence-electron chi connectivity index (χ1n) is 5.21. The van der Waals surface area contributed by atoms with Gasteiger partial charge in [-0.1, -0.05) is 13.0 Å². The lowest BCUT2D eigenvalue weighted by Gasteiger charge is -2.27. The van der Waals surface area contributed by atoms with Crippen LogP contribution < -0.4 is 5.73 Å². The van der Waals surface area contributed by atoms with Crippen molar-refractivity contribution in [3.63, 3.8) is 0 Å². The molecule has 1 aromatic rings. The number of amides is 1. The summed E-state index contributed by atoms with van der Waals surface area (Å²) in [6.45, 7) is 4.91. The molecule has 0 saturated heterocycles. The van der Waals surface area contributed by atoms with Gasteiger partial charge in [-0.3, -0.25) is 4.79 Å². The van der Waals surface area contributed by atoms with Crippen molar-refractivity contribution in [2.45, 2.75) is 32.9 Å². The summed E-state index contributed by atoms with van der Waals surface area (Å²) in [7, 11) is 0. The highest BCUT2D eigenvalue weighted by molar-refractivity contribution is 7.09. The molecule has 4 heteroatoms. The monoisotopic (exact) mass is 226 g/mol. The number of nitrogens with two attached hydrogens (primary N) is 1. The molecule has 1 atom stereocenters. The van der Waals surface area contributed by atoms with Gasteiger partial charge in [0.1, 0.15) is 0 Å². The maximum Gasteiger partial charge on any atom is 0.236 e. The fourth-order valence-corrected chi connectivity index (χ4v) is 2.10. The molecule has 2 N–H and O–H groups in total. The fraction of sp³-hybridized carbons (Fsp3) is 0.545. The summed E-state index contributed by atoms with van der Waals surface area (Å²) in [6.07, 6.45) is 0.955. The highest BCUT2D eigenvalue weighted by atomic mass is 32.1. The van der Waals surface area contributed by atoms with Gasteiger partial charge in [0, 0.05) is 10.9 Å². The Bertz CT molecular complexity index is 298. The van der Waals surface area contributed by atoms with E-state index in [0.29, 0.717) is 6.54 Å². The Hall–Kier alpha value is -0.870. The Morgan fingerprint density at radius 3 is 2.87 bits per heavy atom. The minimum atomic E-state index is 0.0257. The van der Waals surface area contributed by atoms with Crippen molar-refractivity contribution in [2.75, 3.05) is 6.54 Å². The van der Waals surface area contributed by atoms with Gasteiger partial charge in [-0.05, 0) is 24.8 Å². The van der Waals surface area contributed by atoms with Crippen LogP contribution in [0, 0.1) is 0 Å². The van der Waals surface area contributed by atoms with Crippen LogP contribution in [0.3, 0.4) is 0 Å². The van der Waals surface area contributed by atoms with E-state index < -0.39 is 0 Å². The highest BCUT2D eigenvalue weighted by Gasteiger charge is 2.17. The molecular weight excluding hydrogens is 208 g/mol. The van der Waals surface area contributed by atoms with Gasteiger partial charge >= 0.3 is 0 Å². The molecule has 0 aliphatic heterocycles. The van der Waals surface area contributed by atoms with Crippen LogP contribution in [0.4, 0.5) is 0 Å². The summed E-state index contributed by atoms with van der Waals surface area (Å²) in [4.78, 5) is 14.7. The zero-order chi connectivity index (χ0) is 11.3. The largest absolute Gasteiger partial charge is 0.334 e. The van der Waals surface area contributed by atoms with Crippen LogP contribution in [0.5, 0.6) is 0 Å². The average Bonchev–Trinajstić information content (AvgIpc) is 2.76. The van der Waals surface area contributed by atoms with Crippen LogP contribution in [0.2, 0.25) is 0 Å². The normalized spacial score (nSPS) is 12.5. The molecule has 84 valence electrons. The van der Waals surface area contributed by atoms with Crippen LogP contribution in [-0.2, 0) is 11.3 Å². The van der Waals surface area contributed by atoms with E-state index in [2.05, 4.69) is 13.8 Å². The quantitative estimate of drug-likeness (QED) is 0.832. The molecule has 0 aliphatic carbocycles. The maximum absolute atomic E-state index is 11.6. The van der Waals surface area contributed by atoms with Gasteiger partial charge < -0.3 is 10.6 Å². The summed E-state index contributed by atoms with van der Waals surface area (Å²) in [5.74, 6) is 0.0257. The molecule has 0 aromatic carbocycles. The minimum absolute atomic E-state index is 0.0257. The van der Waals surface area contributed by atoms with Crippen molar-refractivity contribution in [2.24, 2.45) is 5.73 Å². The van der Waals surface area contributed by atoms with Crippen molar-refractivity contribution >= 4 is 17.2 Å². The molecule has 1 unspecified atom stereocenters.